The molecule has 8 heteroatoms. The lowest BCUT2D eigenvalue weighted by Crippen LogP contribution is -2.14. The van der Waals surface area contributed by atoms with Gasteiger partial charge in [0.1, 0.15) is 0 Å². The normalized spacial score (nSPS) is 12.6. The molecule has 0 amide bonds. The second kappa shape index (κ2) is 6.76. The van der Waals surface area contributed by atoms with Gasteiger partial charge in [-0.1, -0.05) is 19.1 Å². The summed E-state index contributed by atoms with van der Waals surface area (Å²) in [6.07, 6.45) is 0.699. The molecule has 0 aliphatic carbocycles. The molecule has 1 atom stereocenters. The minimum Gasteiger partial charge on any atom is -0.378 e. The second-order valence-corrected chi connectivity index (χ2v) is 6.59. The van der Waals surface area contributed by atoms with Gasteiger partial charge in [0.05, 0.1) is 15.9 Å². The van der Waals surface area contributed by atoms with Crippen LogP contribution < -0.4 is 10.5 Å². The smallest absolute Gasteiger partial charge is 0.269 e. The molecular formula is C15H17N3O4S. The van der Waals surface area contributed by atoms with E-state index in [1.54, 1.807) is 24.3 Å². The van der Waals surface area contributed by atoms with E-state index in [0.29, 0.717) is 12.1 Å². The van der Waals surface area contributed by atoms with Crippen LogP contribution in [0.15, 0.2) is 53.4 Å². The van der Waals surface area contributed by atoms with Crippen molar-refractivity contribution in [3.8, 4) is 0 Å². The van der Waals surface area contributed by atoms with Gasteiger partial charge in [-0.2, -0.15) is 0 Å². The summed E-state index contributed by atoms with van der Waals surface area (Å²) in [4.78, 5) is 10.3. The summed E-state index contributed by atoms with van der Waals surface area (Å²) in [7, 11) is -3.76. The summed E-state index contributed by atoms with van der Waals surface area (Å²) < 4.78 is 22.9. The van der Waals surface area contributed by atoms with Gasteiger partial charge in [0.25, 0.3) is 5.69 Å². The van der Waals surface area contributed by atoms with E-state index in [4.69, 9.17) is 5.14 Å². The topological polar surface area (TPSA) is 115 Å². The minimum atomic E-state index is -3.76. The van der Waals surface area contributed by atoms with Gasteiger partial charge in [-0.15, -0.1) is 0 Å². The number of nitro benzene ring substituents is 1. The number of anilines is 1. The highest BCUT2D eigenvalue weighted by molar-refractivity contribution is 7.89. The molecule has 2 rings (SSSR count). The molecule has 122 valence electrons. The maximum Gasteiger partial charge on any atom is 0.269 e. The Kier molecular flexibility index (Phi) is 4.97. The molecule has 1 unspecified atom stereocenters. The number of hydrogen-bond acceptors (Lipinski definition) is 5. The number of nitrogens with two attached hydrogens (primary N) is 1. The zero-order chi connectivity index (χ0) is 17.0. The van der Waals surface area contributed by atoms with Crippen molar-refractivity contribution in [3.05, 3.63) is 64.2 Å². The van der Waals surface area contributed by atoms with Crippen molar-refractivity contribution in [2.24, 2.45) is 5.14 Å². The largest absolute Gasteiger partial charge is 0.378 e. The predicted molar refractivity (Wildman–Crippen MR) is 87.6 cm³/mol. The Bertz CT molecular complexity index is 804. The Labute approximate surface area is 134 Å². The van der Waals surface area contributed by atoms with Gasteiger partial charge in [-0.05, 0) is 36.2 Å². The Morgan fingerprint density at radius 2 is 1.87 bits per heavy atom. The number of nitrogens with one attached hydrogen (secondary N) is 1. The summed E-state index contributed by atoms with van der Waals surface area (Å²) in [6, 6.07) is 12.3. The van der Waals surface area contributed by atoms with Crippen LogP contribution in [-0.2, 0) is 10.0 Å². The quantitative estimate of drug-likeness (QED) is 0.622. The lowest BCUT2D eigenvalue weighted by molar-refractivity contribution is -0.384. The third-order valence-electron chi connectivity index (χ3n) is 3.42. The van der Waals surface area contributed by atoms with Gasteiger partial charge in [-0.25, -0.2) is 13.6 Å². The number of nitrogens with zero attached hydrogens (tertiary/aromatic N) is 1. The van der Waals surface area contributed by atoms with E-state index in [2.05, 4.69) is 5.32 Å². The predicted octanol–water partition coefficient (Wildman–Crippen LogP) is 2.81. The van der Waals surface area contributed by atoms with E-state index in [1.807, 2.05) is 6.92 Å². The summed E-state index contributed by atoms with van der Waals surface area (Å²) in [5, 5.41) is 19.0. The summed E-state index contributed by atoms with van der Waals surface area (Å²) >= 11 is 0. The van der Waals surface area contributed by atoms with E-state index < -0.39 is 14.9 Å². The van der Waals surface area contributed by atoms with E-state index in [9.17, 15) is 18.5 Å². The Morgan fingerprint density at radius 1 is 1.22 bits per heavy atom. The Morgan fingerprint density at radius 3 is 2.39 bits per heavy atom. The first-order chi connectivity index (χ1) is 10.8. The SMILES string of the molecule is CCC(Nc1ccc([N+](=O)[O-])cc1)c1cccc(S(N)(=O)=O)c1. The van der Waals surface area contributed by atoms with Gasteiger partial charge in [-0.3, -0.25) is 10.1 Å². The van der Waals surface area contributed by atoms with Gasteiger partial charge >= 0.3 is 0 Å². The zero-order valence-corrected chi connectivity index (χ0v) is 13.3. The molecule has 2 aromatic carbocycles. The highest BCUT2D eigenvalue weighted by Gasteiger charge is 2.14. The highest BCUT2D eigenvalue weighted by Crippen LogP contribution is 2.25. The fourth-order valence-electron chi connectivity index (χ4n) is 2.21. The molecule has 0 bridgehead atoms. The molecule has 0 saturated heterocycles. The van der Waals surface area contributed by atoms with Crippen LogP contribution in [0.3, 0.4) is 0 Å². The molecule has 0 aliphatic rings. The molecule has 0 aliphatic heterocycles. The molecule has 2 aromatic rings. The maximum atomic E-state index is 11.4. The number of hydrogen-bond donors (Lipinski definition) is 2. The monoisotopic (exact) mass is 335 g/mol. The van der Waals surface area contributed by atoms with E-state index in [1.165, 1.54) is 24.3 Å². The molecule has 0 spiro atoms. The fourth-order valence-corrected chi connectivity index (χ4v) is 2.78. The van der Waals surface area contributed by atoms with E-state index in [-0.39, 0.29) is 16.6 Å². The second-order valence-electron chi connectivity index (χ2n) is 5.03. The number of nitro groups is 1. The molecule has 23 heavy (non-hydrogen) atoms. The molecule has 0 aromatic heterocycles. The number of benzene rings is 2. The summed E-state index contributed by atoms with van der Waals surface area (Å²) in [5.74, 6) is 0. The number of sulfonamides is 1. The number of non-ortho nitro benzene ring substituents is 1. The lowest BCUT2D eigenvalue weighted by Gasteiger charge is -2.19. The fraction of sp³-hybridized carbons (Fsp3) is 0.200. The molecule has 0 fully saturated rings. The van der Waals surface area contributed by atoms with Crippen LogP contribution in [0.4, 0.5) is 11.4 Å². The number of primary sulfonamides is 1. The highest BCUT2D eigenvalue weighted by atomic mass is 32.2. The van der Waals surface area contributed by atoms with Crippen LogP contribution in [-0.4, -0.2) is 13.3 Å². The van der Waals surface area contributed by atoms with Crippen LogP contribution >= 0.6 is 0 Å². The van der Waals surface area contributed by atoms with Gasteiger partial charge < -0.3 is 5.32 Å². The lowest BCUT2D eigenvalue weighted by atomic mass is 10.0. The van der Waals surface area contributed by atoms with Crippen LogP contribution in [0.1, 0.15) is 24.9 Å². The van der Waals surface area contributed by atoms with E-state index >= 15 is 0 Å². The van der Waals surface area contributed by atoms with Crippen molar-refractivity contribution in [3.63, 3.8) is 0 Å². The van der Waals surface area contributed by atoms with Crippen molar-refractivity contribution < 1.29 is 13.3 Å². The van der Waals surface area contributed by atoms with Crippen molar-refractivity contribution in [2.75, 3.05) is 5.32 Å². The van der Waals surface area contributed by atoms with Crippen molar-refractivity contribution in [2.45, 2.75) is 24.3 Å². The van der Waals surface area contributed by atoms with Gasteiger partial charge in [0.15, 0.2) is 0 Å². The first-order valence-electron chi connectivity index (χ1n) is 6.95. The van der Waals surface area contributed by atoms with Crippen molar-refractivity contribution >= 4 is 21.4 Å². The molecule has 0 radical (unpaired) electrons. The first-order valence-corrected chi connectivity index (χ1v) is 8.49. The van der Waals surface area contributed by atoms with Crippen molar-refractivity contribution in [1.29, 1.82) is 0 Å². The van der Waals surface area contributed by atoms with Gasteiger partial charge in [0.2, 0.25) is 10.0 Å². The molecule has 3 N–H and O–H groups in total. The molecule has 7 nitrogen and oxygen atoms in total. The molecule has 0 heterocycles. The standard InChI is InChI=1S/C15H17N3O4S/c1-2-15(11-4-3-5-14(10-11)23(16,21)22)17-12-6-8-13(9-7-12)18(19)20/h3-10,15,17H,2H2,1H3,(H2,16,21,22). The average Bonchev–Trinajstić information content (AvgIpc) is 2.52. The van der Waals surface area contributed by atoms with Gasteiger partial charge in [0, 0.05) is 17.8 Å². The third-order valence-corrected chi connectivity index (χ3v) is 4.33. The van der Waals surface area contributed by atoms with Crippen LogP contribution in [0.25, 0.3) is 0 Å². The Balaban J connectivity index is 2.25. The summed E-state index contributed by atoms with van der Waals surface area (Å²) in [5.41, 5.74) is 1.50. The third kappa shape index (κ3) is 4.27. The molecule has 0 saturated carbocycles. The molecular weight excluding hydrogens is 318 g/mol. The minimum absolute atomic E-state index is 0.0137. The van der Waals surface area contributed by atoms with Crippen LogP contribution in [0, 0.1) is 10.1 Å². The van der Waals surface area contributed by atoms with Crippen LogP contribution in [0.2, 0.25) is 0 Å². The van der Waals surface area contributed by atoms with Crippen LogP contribution in [0.5, 0.6) is 0 Å². The van der Waals surface area contributed by atoms with E-state index in [0.717, 1.165) is 5.56 Å². The first kappa shape index (κ1) is 16.9. The average molecular weight is 335 g/mol. The Hall–Kier alpha value is -2.45. The maximum absolute atomic E-state index is 11.4. The zero-order valence-electron chi connectivity index (χ0n) is 12.5. The number of rotatable bonds is 6. The van der Waals surface area contributed by atoms with Crippen molar-refractivity contribution in [1.82, 2.24) is 0 Å². The summed E-state index contributed by atoms with van der Waals surface area (Å²) in [6.45, 7) is 1.95.